The van der Waals surface area contributed by atoms with Crippen molar-refractivity contribution in [2.24, 2.45) is 0 Å². The number of hydrogen-bond donors (Lipinski definition) is 2. The maximum absolute atomic E-state index is 10.0. The maximum Gasteiger partial charge on any atom is 0.120 e. The summed E-state index contributed by atoms with van der Waals surface area (Å²) in [5.41, 5.74) is 0.933. The van der Waals surface area contributed by atoms with Crippen LogP contribution in [0.2, 0.25) is 0 Å². The fraction of sp³-hybridized carbons (Fsp3) is 0.571. The van der Waals surface area contributed by atoms with E-state index in [0.717, 1.165) is 30.9 Å². The quantitative estimate of drug-likeness (QED) is 0.836. The van der Waals surface area contributed by atoms with Crippen LogP contribution < -0.4 is 10.1 Å². The van der Waals surface area contributed by atoms with Crippen molar-refractivity contribution in [3.8, 4) is 11.5 Å². The highest BCUT2D eigenvalue weighted by atomic mass is 16.5. The van der Waals surface area contributed by atoms with Crippen molar-refractivity contribution in [2.75, 3.05) is 26.7 Å². The second kappa shape index (κ2) is 5.59. The van der Waals surface area contributed by atoms with Crippen molar-refractivity contribution in [1.82, 2.24) is 10.2 Å². The predicted octanol–water partition coefficient (Wildman–Crippen LogP) is 1.76. The molecule has 100 valence electrons. The van der Waals surface area contributed by atoms with Crippen LogP contribution in [-0.2, 0) is 0 Å². The van der Waals surface area contributed by atoms with Gasteiger partial charge in [0.15, 0.2) is 0 Å². The summed E-state index contributed by atoms with van der Waals surface area (Å²) in [6, 6.07) is 6.17. The molecule has 1 atom stereocenters. The molecule has 0 bridgehead atoms. The lowest BCUT2D eigenvalue weighted by atomic mass is 10.0. The third kappa shape index (κ3) is 2.44. The Balaban J connectivity index is 2.22. The van der Waals surface area contributed by atoms with Gasteiger partial charge in [-0.05, 0) is 31.7 Å². The van der Waals surface area contributed by atoms with Crippen LogP contribution in [0.3, 0.4) is 0 Å². The first-order valence-corrected chi connectivity index (χ1v) is 6.50. The zero-order valence-electron chi connectivity index (χ0n) is 11.3. The normalized spacial score (nSPS) is 17.6. The number of aromatic hydroxyl groups is 1. The minimum Gasteiger partial charge on any atom is -0.508 e. The Morgan fingerprint density at radius 3 is 2.72 bits per heavy atom. The molecule has 0 aromatic heterocycles. The maximum atomic E-state index is 10.0. The molecule has 1 heterocycles. The summed E-state index contributed by atoms with van der Waals surface area (Å²) in [4.78, 5) is 2.41. The van der Waals surface area contributed by atoms with Gasteiger partial charge in [0.2, 0.25) is 0 Å². The van der Waals surface area contributed by atoms with Gasteiger partial charge in [-0.25, -0.2) is 0 Å². The Kier molecular flexibility index (Phi) is 4.09. The van der Waals surface area contributed by atoms with Crippen LogP contribution in [0, 0.1) is 0 Å². The van der Waals surface area contributed by atoms with E-state index in [2.05, 4.69) is 24.1 Å². The second-order valence-corrected chi connectivity index (χ2v) is 4.74. The van der Waals surface area contributed by atoms with Gasteiger partial charge in [-0.2, -0.15) is 0 Å². The molecule has 2 N–H and O–H groups in total. The molecular weight excluding hydrogens is 228 g/mol. The van der Waals surface area contributed by atoms with Crippen LogP contribution in [0.1, 0.15) is 25.5 Å². The molecule has 0 spiro atoms. The number of likely N-dealkylation sites (N-methyl/N-ethyl adjacent to an activating group) is 1. The highest BCUT2D eigenvalue weighted by Gasteiger charge is 2.28. The van der Waals surface area contributed by atoms with Crippen molar-refractivity contribution >= 4 is 0 Å². The topological polar surface area (TPSA) is 44.7 Å². The van der Waals surface area contributed by atoms with Gasteiger partial charge in [-0.15, -0.1) is 0 Å². The molecule has 1 aromatic rings. The average Bonchev–Trinajstić information content (AvgIpc) is 2.33. The fourth-order valence-corrected chi connectivity index (χ4v) is 2.53. The molecule has 18 heavy (non-hydrogen) atoms. The zero-order valence-corrected chi connectivity index (χ0v) is 11.3. The van der Waals surface area contributed by atoms with Gasteiger partial charge in [-0.3, -0.25) is 4.90 Å². The lowest BCUT2D eigenvalue weighted by Crippen LogP contribution is -2.57. The van der Waals surface area contributed by atoms with Crippen molar-refractivity contribution in [1.29, 1.82) is 0 Å². The average molecular weight is 250 g/mol. The van der Waals surface area contributed by atoms with Gasteiger partial charge in [0.25, 0.3) is 0 Å². The van der Waals surface area contributed by atoms with Gasteiger partial charge in [0.1, 0.15) is 11.5 Å². The van der Waals surface area contributed by atoms with Crippen LogP contribution in [0.5, 0.6) is 11.5 Å². The molecule has 1 saturated heterocycles. The molecule has 0 radical (unpaired) electrons. The van der Waals surface area contributed by atoms with Crippen molar-refractivity contribution in [3.63, 3.8) is 0 Å². The van der Waals surface area contributed by atoms with Gasteiger partial charge in [0, 0.05) is 30.7 Å². The minimum absolute atomic E-state index is 0.192. The van der Waals surface area contributed by atoms with Gasteiger partial charge in [0.05, 0.1) is 7.11 Å². The first kappa shape index (κ1) is 13.2. The van der Waals surface area contributed by atoms with E-state index in [4.69, 9.17) is 4.74 Å². The number of hydrogen-bond acceptors (Lipinski definition) is 4. The number of nitrogens with one attached hydrogen (secondary N) is 1. The monoisotopic (exact) mass is 250 g/mol. The zero-order chi connectivity index (χ0) is 13.1. The van der Waals surface area contributed by atoms with Crippen LogP contribution in [0.15, 0.2) is 18.2 Å². The molecule has 1 fully saturated rings. The minimum atomic E-state index is 0.192. The van der Waals surface area contributed by atoms with Crippen molar-refractivity contribution in [3.05, 3.63) is 23.8 Å². The molecule has 1 aromatic carbocycles. The van der Waals surface area contributed by atoms with E-state index in [1.54, 1.807) is 19.2 Å². The third-order valence-corrected chi connectivity index (χ3v) is 3.78. The molecule has 0 saturated carbocycles. The Morgan fingerprint density at radius 1 is 1.50 bits per heavy atom. The Bertz CT molecular complexity index is 405. The Hall–Kier alpha value is -1.26. The summed E-state index contributed by atoms with van der Waals surface area (Å²) >= 11 is 0. The van der Waals surface area contributed by atoms with Crippen LogP contribution >= 0.6 is 0 Å². The third-order valence-electron chi connectivity index (χ3n) is 3.78. The second-order valence-electron chi connectivity index (χ2n) is 4.74. The Labute approximate surface area is 109 Å². The standard InChI is InChI=1S/C14H22N2O2/c1-4-16(11-8-15-9-11)10(2)13-7-12(18-3)5-6-14(13)17/h5-7,10-11,15,17H,4,8-9H2,1-3H3. The lowest BCUT2D eigenvalue weighted by Gasteiger charge is -2.41. The van der Waals surface area contributed by atoms with Gasteiger partial charge < -0.3 is 15.2 Å². The summed E-state index contributed by atoms with van der Waals surface area (Å²) in [5, 5.41) is 13.3. The van der Waals surface area contributed by atoms with Crippen molar-refractivity contribution < 1.29 is 9.84 Å². The van der Waals surface area contributed by atoms with Gasteiger partial charge >= 0.3 is 0 Å². The largest absolute Gasteiger partial charge is 0.508 e. The summed E-state index contributed by atoms with van der Waals surface area (Å²) < 4.78 is 5.23. The van der Waals surface area contributed by atoms with E-state index in [-0.39, 0.29) is 6.04 Å². The first-order chi connectivity index (χ1) is 8.67. The summed E-state index contributed by atoms with van der Waals surface area (Å²) in [7, 11) is 1.65. The van der Waals surface area contributed by atoms with E-state index in [9.17, 15) is 5.11 Å². The fourth-order valence-electron chi connectivity index (χ4n) is 2.53. The molecule has 1 aliphatic rings. The van der Waals surface area contributed by atoms with E-state index < -0.39 is 0 Å². The number of nitrogens with zero attached hydrogens (tertiary/aromatic N) is 1. The van der Waals surface area contributed by atoms with E-state index in [0.29, 0.717) is 11.8 Å². The molecule has 0 amide bonds. The number of phenolic OH excluding ortho intramolecular Hbond substituents is 1. The van der Waals surface area contributed by atoms with E-state index in [1.165, 1.54) is 0 Å². The SMILES string of the molecule is CCN(C1CNC1)C(C)c1cc(OC)ccc1O. The predicted molar refractivity (Wildman–Crippen MR) is 72.1 cm³/mol. The Morgan fingerprint density at radius 2 is 2.22 bits per heavy atom. The van der Waals surface area contributed by atoms with Crippen LogP contribution in [-0.4, -0.2) is 42.8 Å². The number of methoxy groups -OCH3 is 1. The van der Waals surface area contributed by atoms with Gasteiger partial charge in [-0.1, -0.05) is 6.92 Å². The number of ether oxygens (including phenoxy) is 1. The molecule has 4 nitrogen and oxygen atoms in total. The molecule has 0 aliphatic carbocycles. The number of rotatable bonds is 5. The lowest BCUT2D eigenvalue weighted by molar-refractivity contribution is 0.108. The number of phenols is 1. The highest BCUT2D eigenvalue weighted by molar-refractivity contribution is 5.41. The van der Waals surface area contributed by atoms with Crippen LogP contribution in [0.25, 0.3) is 0 Å². The molecule has 1 unspecified atom stereocenters. The summed E-state index contributed by atoms with van der Waals surface area (Å²) in [5.74, 6) is 1.13. The molecule has 2 rings (SSSR count). The smallest absolute Gasteiger partial charge is 0.120 e. The summed E-state index contributed by atoms with van der Waals surface area (Å²) in [6.07, 6.45) is 0. The molecule has 4 heteroatoms. The van der Waals surface area contributed by atoms with Crippen molar-refractivity contribution in [2.45, 2.75) is 25.9 Å². The first-order valence-electron chi connectivity index (χ1n) is 6.50. The number of benzene rings is 1. The van der Waals surface area contributed by atoms with Crippen LogP contribution in [0.4, 0.5) is 0 Å². The van der Waals surface area contributed by atoms with E-state index >= 15 is 0 Å². The molecule has 1 aliphatic heterocycles. The highest BCUT2D eigenvalue weighted by Crippen LogP contribution is 2.33. The summed E-state index contributed by atoms with van der Waals surface area (Å²) in [6.45, 7) is 7.33. The van der Waals surface area contributed by atoms with E-state index in [1.807, 2.05) is 6.07 Å². The molecular formula is C14H22N2O2.